The Bertz CT molecular complexity index is 899. The van der Waals surface area contributed by atoms with Crippen LogP contribution in [0.3, 0.4) is 0 Å². The molecule has 1 fully saturated rings. The van der Waals surface area contributed by atoms with E-state index in [1.165, 1.54) is 18.5 Å². The zero-order valence-electron chi connectivity index (χ0n) is 14.6. The van der Waals surface area contributed by atoms with Crippen LogP contribution < -0.4 is 15.4 Å². The number of hydrogen-bond acceptors (Lipinski definition) is 7. The first-order valence-electron chi connectivity index (χ1n) is 8.30. The van der Waals surface area contributed by atoms with Gasteiger partial charge in [0.25, 0.3) is 0 Å². The molecule has 7 nitrogen and oxygen atoms in total. The highest BCUT2D eigenvalue weighted by Crippen LogP contribution is 2.27. The topological polar surface area (TPSA) is 93.2 Å². The monoisotopic (exact) mass is 380 g/mol. The summed E-state index contributed by atoms with van der Waals surface area (Å²) in [5, 5.41) is 6.15. The highest BCUT2D eigenvalue weighted by atomic mass is 32.2. The number of hydrogen-bond donors (Lipinski definition) is 2. The lowest BCUT2D eigenvalue weighted by molar-refractivity contribution is 0.154. The Morgan fingerprint density at radius 2 is 2.00 bits per heavy atom. The van der Waals surface area contributed by atoms with Crippen LogP contribution in [0, 0.1) is 12.7 Å². The summed E-state index contributed by atoms with van der Waals surface area (Å²) >= 11 is 0. The van der Waals surface area contributed by atoms with Gasteiger partial charge in [0, 0.05) is 6.26 Å². The fourth-order valence-corrected chi connectivity index (χ4v) is 3.34. The van der Waals surface area contributed by atoms with E-state index in [-0.39, 0.29) is 16.7 Å². The minimum atomic E-state index is -3.46. The second kappa shape index (κ2) is 7.55. The summed E-state index contributed by atoms with van der Waals surface area (Å²) in [6.45, 7) is 3.59. The van der Waals surface area contributed by atoms with Gasteiger partial charge in [0.2, 0.25) is 5.88 Å². The summed E-state index contributed by atoms with van der Waals surface area (Å²) in [6.07, 6.45) is 4.27. The predicted octanol–water partition coefficient (Wildman–Crippen LogP) is 2.20. The number of nitrogens with one attached hydrogen (secondary N) is 2. The largest absolute Gasteiger partial charge is 0.474 e. The number of piperidine rings is 1. The molecule has 1 aromatic heterocycles. The molecule has 2 aromatic rings. The molecule has 140 valence electrons. The highest BCUT2D eigenvalue weighted by molar-refractivity contribution is 7.90. The fourth-order valence-electron chi connectivity index (χ4n) is 2.71. The van der Waals surface area contributed by atoms with Crippen LogP contribution in [0.4, 0.5) is 15.9 Å². The third kappa shape index (κ3) is 4.28. The summed E-state index contributed by atoms with van der Waals surface area (Å²) in [5.74, 6) is 0.198. The lowest BCUT2D eigenvalue weighted by atomic mass is 10.1. The molecule has 2 N–H and O–H groups in total. The number of aromatic nitrogens is 2. The second-order valence-corrected chi connectivity index (χ2v) is 8.27. The van der Waals surface area contributed by atoms with Crippen molar-refractivity contribution in [3.8, 4) is 5.88 Å². The van der Waals surface area contributed by atoms with Crippen LogP contribution in [-0.4, -0.2) is 43.8 Å². The minimum Gasteiger partial charge on any atom is -0.474 e. The van der Waals surface area contributed by atoms with Gasteiger partial charge in [-0.3, -0.25) is 0 Å². The van der Waals surface area contributed by atoms with Gasteiger partial charge in [-0.05, 0) is 51.1 Å². The first-order valence-corrected chi connectivity index (χ1v) is 10.2. The SMILES string of the molecule is Cc1c(Nc2ccc(S(C)(=O)=O)cc2F)ncnc1OC1CCNCC1. The number of nitrogens with zero attached hydrogens (tertiary/aromatic N) is 2. The quantitative estimate of drug-likeness (QED) is 0.821. The Balaban J connectivity index is 1.81. The lowest BCUT2D eigenvalue weighted by Gasteiger charge is -2.24. The molecule has 26 heavy (non-hydrogen) atoms. The third-order valence-corrected chi connectivity index (χ3v) is 5.33. The van der Waals surface area contributed by atoms with Crippen LogP contribution in [0.5, 0.6) is 5.88 Å². The number of anilines is 2. The van der Waals surface area contributed by atoms with Gasteiger partial charge in [-0.2, -0.15) is 0 Å². The van der Waals surface area contributed by atoms with Crippen molar-refractivity contribution in [1.82, 2.24) is 15.3 Å². The predicted molar refractivity (Wildman–Crippen MR) is 96.1 cm³/mol. The molecule has 0 amide bonds. The molecule has 2 heterocycles. The van der Waals surface area contributed by atoms with E-state index in [1.807, 2.05) is 0 Å². The van der Waals surface area contributed by atoms with Gasteiger partial charge in [0.1, 0.15) is 24.1 Å². The smallest absolute Gasteiger partial charge is 0.221 e. The number of halogens is 1. The van der Waals surface area contributed by atoms with Gasteiger partial charge in [0.15, 0.2) is 9.84 Å². The van der Waals surface area contributed by atoms with Gasteiger partial charge in [-0.1, -0.05) is 0 Å². The normalized spacial score (nSPS) is 15.7. The standard InChI is InChI=1S/C17H21FN4O3S/c1-11-16(20-10-21-17(11)25-12-5-7-19-8-6-12)22-15-4-3-13(9-14(15)18)26(2,23)24/h3-4,9-10,12,19H,5-8H2,1-2H3,(H,20,21,22). The highest BCUT2D eigenvalue weighted by Gasteiger charge is 2.18. The number of sulfone groups is 1. The van der Waals surface area contributed by atoms with E-state index in [1.54, 1.807) is 6.92 Å². The molecule has 0 atom stereocenters. The Hall–Kier alpha value is -2.26. The van der Waals surface area contributed by atoms with Crippen molar-refractivity contribution in [2.24, 2.45) is 0 Å². The van der Waals surface area contributed by atoms with E-state index in [0.29, 0.717) is 17.3 Å². The second-order valence-electron chi connectivity index (χ2n) is 6.26. The first kappa shape index (κ1) is 18.5. The molecule has 3 rings (SSSR count). The molecular weight excluding hydrogens is 359 g/mol. The average Bonchev–Trinajstić information content (AvgIpc) is 2.60. The van der Waals surface area contributed by atoms with E-state index in [4.69, 9.17) is 4.74 Å². The zero-order chi connectivity index (χ0) is 18.7. The van der Waals surface area contributed by atoms with Crippen molar-refractivity contribution < 1.29 is 17.5 Å². The van der Waals surface area contributed by atoms with Gasteiger partial charge in [-0.25, -0.2) is 22.8 Å². The van der Waals surface area contributed by atoms with Crippen molar-refractivity contribution in [2.75, 3.05) is 24.7 Å². The van der Waals surface area contributed by atoms with Gasteiger partial charge >= 0.3 is 0 Å². The van der Waals surface area contributed by atoms with E-state index < -0.39 is 15.7 Å². The number of ether oxygens (including phenoxy) is 1. The van der Waals surface area contributed by atoms with Crippen LogP contribution in [-0.2, 0) is 9.84 Å². The Kier molecular flexibility index (Phi) is 5.38. The number of rotatable bonds is 5. The third-order valence-electron chi connectivity index (χ3n) is 4.22. The maximum atomic E-state index is 14.3. The molecule has 0 bridgehead atoms. The summed E-state index contributed by atoms with van der Waals surface area (Å²) < 4.78 is 43.2. The van der Waals surface area contributed by atoms with Crippen molar-refractivity contribution in [1.29, 1.82) is 0 Å². The summed E-state index contributed by atoms with van der Waals surface area (Å²) in [5.41, 5.74) is 0.796. The summed E-state index contributed by atoms with van der Waals surface area (Å²) in [7, 11) is -3.46. The molecule has 0 spiro atoms. The van der Waals surface area contributed by atoms with Crippen LogP contribution in [0.15, 0.2) is 29.4 Å². The molecule has 1 saturated heterocycles. The molecular formula is C17H21FN4O3S. The summed E-state index contributed by atoms with van der Waals surface area (Å²) in [6, 6.07) is 3.71. The first-order chi connectivity index (χ1) is 12.3. The molecule has 0 unspecified atom stereocenters. The number of benzene rings is 1. The fraction of sp³-hybridized carbons (Fsp3) is 0.412. The zero-order valence-corrected chi connectivity index (χ0v) is 15.4. The van der Waals surface area contributed by atoms with E-state index in [9.17, 15) is 12.8 Å². The van der Waals surface area contributed by atoms with Crippen molar-refractivity contribution >= 4 is 21.3 Å². The van der Waals surface area contributed by atoms with Crippen molar-refractivity contribution in [2.45, 2.75) is 30.8 Å². The van der Waals surface area contributed by atoms with Crippen LogP contribution >= 0.6 is 0 Å². The van der Waals surface area contributed by atoms with Crippen LogP contribution in [0.1, 0.15) is 18.4 Å². The maximum Gasteiger partial charge on any atom is 0.221 e. The van der Waals surface area contributed by atoms with Gasteiger partial charge in [-0.15, -0.1) is 0 Å². The van der Waals surface area contributed by atoms with E-state index in [2.05, 4.69) is 20.6 Å². The molecule has 1 aliphatic heterocycles. The molecule has 0 radical (unpaired) electrons. The Morgan fingerprint density at radius 3 is 2.65 bits per heavy atom. The average molecular weight is 380 g/mol. The minimum absolute atomic E-state index is 0.0742. The van der Waals surface area contributed by atoms with Crippen molar-refractivity contribution in [3.63, 3.8) is 0 Å². The van der Waals surface area contributed by atoms with Crippen LogP contribution in [0.2, 0.25) is 0 Å². The lowest BCUT2D eigenvalue weighted by Crippen LogP contribution is -2.34. The Morgan fingerprint density at radius 1 is 1.27 bits per heavy atom. The van der Waals surface area contributed by atoms with E-state index >= 15 is 0 Å². The molecule has 1 aliphatic rings. The van der Waals surface area contributed by atoms with Crippen LogP contribution in [0.25, 0.3) is 0 Å². The van der Waals surface area contributed by atoms with Gasteiger partial charge < -0.3 is 15.4 Å². The molecule has 9 heteroatoms. The molecule has 1 aromatic carbocycles. The Labute approximate surface area is 151 Å². The summed E-state index contributed by atoms with van der Waals surface area (Å²) in [4.78, 5) is 8.24. The van der Waals surface area contributed by atoms with Gasteiger partial charge in [0.05, 0.1) is 16.1 Å². The van der Waals surface area contributed by atoms with Crippen molar-refractivity contribution in [3.05, 3.63) is 35.9 Å². The molecule has 0 aliphatic carbocycles. The van der Waals surface area contributed by atoms with E-state index in [0.717, 1.165) is 38.3 Å². The maximum absolute atomic E-state index is 14.3. The molecule has 0 saturated carbocycles.